The molecule has 2 atom stereocenters. The van der Waals surface area contributed by atoms with E-state index in [1.54, 1.807) is 26.0 Å². The van der Waals surface area contributed by atoms with Gasteiger partial charge in [0.05, 0.1) is 6.61 Å². The number of piperidine rings is 1. The third kappa shape index (κ3) is 6.20. The van der Waals surface area contributed by atoms with Crippen molar-refractivity contribution >= 4 is 17.4 Å². The van der Waals surface area contributed by atoms with E-state index in [4.69, 9.17) is 10.5 Å². The zero-order valence-corrected chi connectivity index (χ0v) is 21.5. The van der Waals surface area contributed by atoms with Gasteiger partial charge in [-0.15, -0.1) is 0 Å². The number of allylic oxidation sites excluding steroid dienone is 3. The van der Waals surface area contributed by atoms with Crippen molar-refractivity contribution in [1.82, 2.24) is 9.80 Å². The zero-order valence-electron chi connectivity index (χ0n) is 21.5. The standard InChI is InChI=1S/C28H36F3N3O3/c1-27(2,30)18-33-14-10-19(11-15-33)17-37-20-8-9-21(23(29)16-20)22-6-3-4-12-28(22,31)26(36)34-13-5-7-24(34)25(32)35/h3-4,6,8-9,16,19,24H,5,7,10-15,17-18H2,1-2H3,(H2,32,35)/t24-,28?/m0/s1. The van der Waals surface area contributed by atoms with Crippen LogP contribution in [0.2, 0.25) is 0 Å². The Morgan fingerprint density at radius 3 is 2.57 bits per heavy atom. The van der Waals surface area contributed by atoms with Crippen LogP contribution in [0.3, 0.4) is 0 Å². The first kappa shape index (κ1) is 27.2. The van der Waals surface area contributed by atoms with Crippen molar-refractivity contribution in [2.24, 2.45) is 11.7 Å². The Labute approximate surface area is 216 Å². The second kappa shape index (κ2) is 10.9. The summed E-state index contributed by atoms with van der Waals surface area (Å²) in [6.07, 6.45) is 6.94. The summed E-state index contributed by atoms with van der Waals surface area (Å²) in [6.45, 7) is 5.77. The number of primary amides is 1. The highest BCUT2D eigenvalue weighted by Crippen LogP contribution is 2.41. The molecule has 3 aliphatic rings. The minimum Gasteiger partial charge on any atom is -0.493 e. The van der Waals surface area contributed by atoms with Crippen LogP contribution in [0.4, 0.5) is 13.2 Å². The van der Waals surface area contributed by atoms with Crippen molar-refractivity contribution in [3.05, 3.63) is 47.8 Å². The van der Waals surface area contributed by atoms with Gasteiger partial charge in [0.2, 0.25) is 11.6 Å². The number of nitrogens with zero attached hydrogens (tertiary/aromatic N) is 2. The molecule has 2 heterocycles. The first-order chi connectivity index (χ1) is 17.5. The van der Waals surface area contributed by atoms with Crippen molar-refractivity contribution < 1.29 is 27.5 Å². The van der Waals surface area contributed by atoms with Gasteiger partial charge < -0.3 is 20.3 Å². The van der Waals surface area contributed by atoms with Gasteiger partial charge in [-0.05, 0) is 70.7 Å². The quantitative estimate of drug-likeness (QED) is 0.559. The molecule has 2 aliphatic heterocycles. The topological polar surface area (TPSA) is 75.9 Å². The fourth-order valence-corrected chi connectivity index (χ4v) is 5.54. The highest BCUT2D eigenvalue weighted by molar-refractivity contribution is 6.02. The molecule has 1 aromatic rings. The van der Waals surface area contributed by atoms with E-state index in [1.807, 2.05) is 0 Å². The summed E-state index contributed by atoms with van der Waals surface area (Å²) in [4.78, 5) is 28.3. The molecule has 2 amide bonds. The van der Waals surface area contributed by atoms with E-state index < -0.39 is 35.0 Å². The highest BCUT2D eigenvalue weighted by Gasteiger charge is 2.49. The molecular formula is C28H36F3N3O3. The van der Waals surface area contributed by atoms with E-state index in [1.165, 1.54) is 29.2 Å². The molecule has 37 heavy (non-hydrogen) atoms. The lowest BCUT2D eigenvalue weighted by molar-refractivity contribution is -0.144. The normalized spacial score (nSPS) is 25.3. The number of likely N-dealkylation sites (tertiary alicyclic amines) is 2. The molecular weight excluding hydrogens is 483 g/mol. The summed E-state index contributed by atoms with van der Waals surface area (Å²) in [5.74, 6) is -1.63. The van der Waals surface area contributed by atoms with Crippen LogP contribution in [0.1, 0.15) is 51.5 Å². The van der Waals surface area contributed by atoms with Crippen LogP contribution >= 0.6 is 0 Å². The fourth-order valence-electron chi connectivity index (χ4n) is 5.54. The Balaban J connectivity index is 1.42. The number of carbonyl (C=O) groups excluding carboxylic acids is 2. The van der Waals surface area contributed by atoms with Crippen LogP contribution in [-0.2, 0) is 9.59 Å². The third-order valence-corrected chi connectivity index (χ3v) is 7.43. The summed E-state index contributed by atoms with van der Waals surface area (Å²) < 4.78 is 51.3. The van der Waals surface area contributed by atoms with Crippen molar-refractivity contribution in [3.8, 4) is 5.75 Å². The van der Waals surface area contributed by atoms with Crippen molar-refractivity contribution in [1.29, 1.82) is 0 Å². The Hall–Kier alpha value is -2.81. The van der Waals surface area contributed by atoms with Crippen LogP contribution in [0, 0.1) is 11.7 Å². The van der Waals surface area contributed by atoms with Gasteiger partial charge in [0, 0.05) is 36.7 Å². The minimum absolute atomic E-state index is 0.0236. The first-order valence-electron chi connectivity index (χ1n) is 13.0. The third-order valence-electron chi connectivity index (χ3n) is 7.43. The molecule has 2 N–H and O–H groups in total. The van der Waals surface area contributed by atoms with Gasteiger partial charge in [-0.2, -0.15) is 0 Å². The lowest BCUT2D eigenvalue weighted by Gasteiger charge is -2.34. The van der Waals surface area contributed by atoms with Crippen LogP contribution in [0.5, 0.6) is 5.75 Å². The maximum Gasteiger partial charge on any atom is 0.265 e. The van der Waals surface area contributed by atoms with Crippen LogP contribution < -0.4 is 10.5 Å². The van der Waals surface area contributed by atoms with E-state index in [2.05, 4.69) is 4.90 Å². The molecule has 1 aromatic carbocycles. The van der Waals surface area contributed by atoms with Crippen molar-refractivity contribution in [2.45, 2.75) is 63.3 Å². The lowest BCUT2D eigenvalue weighted by atomic mass is 9.82. The van der Waals surface area contributed by atoms with Gasteiger partial charge in [0.1, 0.15) is 23.3 Å². The summed E-state index contributed by atoms with van der Waals surface area (Å²) in [7, 11) is 0. The number of hydrogen-bond donors (Lipinski definition) is 1. The van der Waals surface area contributed by atoms with Gasteiger partial charge in [0.25, 0.3) is 5.91 Å². The van der Waals surface area contributed by atoms with Gasteiger partial charge in [-0.1, -0.05) is 18.2 Å². The second-order valence-electron chi connectivity index (χ2n) is 11.0. The predicted octanol–water partition coefficient (Wildman–Crippen LogP) is 4.19. The SMILES string of the molecule is CC(C)(F)CN1CCC(COc2ccc(C3=CC=CCC3(F)C(=O)N3CCC[C@H]3C(N)=O)c(F)c2)CC1. The molecule has 0 radical (unpaired) electrons. The number of benzene rings is 1. The number of ether oxygens (including phenoxy) is 1. The summed E-state index contributed by atoms with van der Waals surface area (Å²) in [6, 6.07) is 3.36. The van der Waals surface area contributed by atoms with E-state index in [9.17, 15) is 14.0 Å². The van der Waals surface area contributed by atoms with Gasteiger partial charge >= 0.3 is 0 Å². The lowest BCUT2D eigenvalue weighted by Crippen LogP contribution is -2.52. The number of nitrogens with two attached hydrogens (primary N) is 1. The van der Waals surface area contributed by atoms with E-state index in [0.29, 0.717) is 31.7 Å². The molecule has 9 heteroatoms. The zero-order chi connectivity index (χ0) is 26.8. The summed E-state index contributed by atoms with van der Waals surface area (Å²) in [5, 5.41) is 0. The first-order valence-corrected chi connectivity index (χ1v) is 13.0. The smallest absolute Gasteiger partial charge is 0.265 e. The van der Waals surface area contributed by atoms with Crippen molar-refractivity contribution in [2.75, 3.05) is 32.8 Å². The van der Waals surface area contributed by atoms with E-state index in [-0.39, 0.29) is 30.0 Å². The van der Waals surface area contributed by atoms with E-state index in [0.717, 1.165) is 25.9 Å². The molecule has 202 valence electrons. The molecule has 2 saturated heterocycles. The molecule has 2 fully saturated rings. The van der Waals surface area contributed by atoms with Gasteiger partial charge in [0.15, 0.2) is 0 Å². The maximum absolute atomic E-state index is 16.3. The summed E-state index contributed by atoms with van der Waals surface area (Å²) in [5.41, 5.74) is 1.59. The molecule has 6 nitrogen and oxygen atoms in total. The van der Waals surface area contributed by atoms with E-state index >= 15 is 8.78 Å². The Kier molecular flexibility index (Phi) is 8.02. The monoisotopic (exact) mass is 519 g/mol. The van der Waals surface area contributed by atoms with Gasteiger partial charge in [-0.3, -0.25) is 9.59 Å². The molecule has 0 aromatic heterocycles. The maximum atomic E-state index is 16.3. The second-order valence-corrected chi connectivity index (χ2v) is 11.0. The average molecular weight is 520 g/mol. The number of amides is 2. The summed E-state index contributed by atoms with van der Waals surface area (Å²) >= 11 is 0. The largest absolute Gasteiger partial charge is 0.493 e. The molecule has 1 unspecified atom stereocenters. The predicted molar refractivity (Wildman–Crippen MR) is 136 cm³/mol. The molecule has 0 saturated carbocycles. The fraction of sp³-hybridized carbons (Fsp3) is 0.571. The number of hydrogen-bond acceptors (Lipinski definition) is 4. The Morgan fingerprint density at radius 2 is 1.92 bits per heavy atom. The number of halogens is 3. The van der Waals surface area contributed by atoms with Crippen LogP contribution in [0.25, 0.3) is 5.57 Å². The highest BCUT2D eigenvalue weighted by atomic mass is 19.1. The Morgan fingerprint density at radius 1 is 1.19 bits per heavy atom. The average Bonchev–Trinajstić information content (AvgIpc) is 3.33. The van der Waals surface area contributed by atoms with Crippen LogP contribution in [0.15, 0.2) is 36.4 Å². The van der Waals surface area contributed by atoms with Crippen LogP contribution in [-0.4, -0.2) is 71.8 Å². The number of rotatable bonds is 8. The molecule has 0 bridgehead atoms. The number of carbonyl (C=O) groups is 2. The molecule has 4 rings (SSSR count). The van der Waals surface area contributed by atoms with Gasteiger partial charge in [-0.25, -0.2) is 13.2 Å². The molecule has 0 spiro atoms. The Bertz CT molecular complexity index is 1080. The molecule has 1 aliphatic carbocycles. The minimum atomic E-state index is -2.50. The van der Waals surface area contributed by atoms with Crippen molar-refractivity contribution in [3.63, 3.8) is 0 Å². The number of alkyl halides is 2.